The third kappa shape index (κ3) is 4.14. The summed E-state index contributed by atoms with van der Waals surface area (Å²) in [6.45, 7) is 3.99. The summed E-state index contributed by atoms with van der Waals surface area (Å²) >= 11 is 6.02. The molecule has 152 valence electrons. The normalized spacial score (nSPS) is 18.2. The van der Waals surface area contributed by atoms with Gasteiger partial charge in [-0.05, 0) is 24.3 Å². The molecule has 1 N–H and O–H groups in total. The lowest BCUT2D eigenvalue weighted by Gasteiger charge is -2.33. The van der Waals surface area contributed by atoms with E-state index in [1.165, 1.54) is 4.90 Å². The largest absolute Gasteiger partial charge is 0.456 e. The van der Waals surface area contributed by atoms with E-state index in [1.54, 1.807) is 42.5 Å². The number of hydrogen-bond donors (Lipinski definition) is 1. The highest BCUT2D eigenvalue weighted by Crippen LogP contribution is 2.27. The van der Waals surface area contributed by atoms with Crippen molar-refractivity contribution in [1.29, 1.82) is 0 Å². The van der Waals surface area contributed by atoms with Crippen LogP contribution >= 0.6 is 11.6 Å². The molecule has 0 amide bonds. The zero-order valence-electron chi connectivity index (χ0n) is 15.7. The molecule has 2 aromatic rings. The van der Waals surface area contributed by atoms with E-state index in [0.29, 0.717) is 48.2 Å². The van der Waals surface area contributed by atoms with E-state index < -0.39 is 16.0 Å². The van der Waals surface area contributed by atoms with Gasteiger partial charge in [-0.25, -0.2) is 4.79 Å². The average Bonchev–Trinajstić information content (AvgIpc) is 3.00. The minimum atomic E-state index is -3.60. The Morgan fingerprint density at radius 3 is 2.55 bits per heavy atom. The molecule has 2 aromatic carbocycles. The van der Waals surface area contributed by atoms with Crippen LogP contribution < -0.4 is 4.90 Å². The monoisotopic (exact) mass is 434 g/mol. The van der Waals surface area contributed by atoms with Gasteiger partial charge >= 0.3 is 5.97 Å². The number of fused-ring (bicyclic) bond motifs is 1. The molecular formula is C20H21ClN3O4S+. The average molecular weight is 435 g/mol. The van der Waals surface area contributed by atoms with E-state index in [0.717, 1.165) is 13.1 Å². The number of benzene rings is 2. The van der Waals surface area contributed by atoms with E-state index in [9.17, 15) is 13.2 Å². The summed E-state index contributed by atoms with van der Waals surface area (Å²) in [4.78, 5) is 15.7. The molecule has 0 aliphatic carbocycles. The lowest BCUT2D eigenvalue weighted by atomic mass is 10.1. The molecule has 29 heavy (non-hydrogen) atoms. The molecule has 0 atom stereocenters. The van der Waals surface area contributed by atoms with Crippen molar-refractivity contribution in [2.75, 3.05) is 39.3 Å². The van der Waals surface area contributed by atoms with E-state index in [4.69, 9.17) is 16.3 Å². The fourth-order valence-electron chi connectivity index (χ4n) is 3.59. The summed E-state index contributed by atoms with van der Waals surface area (Å²) in [7, 11) is -3.60. The number of quaternary nitrogens is 1. The Morgan fingerprint density at radius 1 is 1.10 bits per heavy atom. The molecule has 0 radical (unpaired) electrons. The van der Waals surface area contributed by atoms with Crippen molar-refractivity contribution >= 4 is 33.4 Å². The molecule has 7 nitrogen and oxygen atoms in total. The van der Waals surface area contributed by atoms with Gasteiger partial charge in [0.1, 0.15) is 18.0 Å². The second-order valence-electron chi connectivity index (χ2n) is 6.99. The van der Waals surface area contributed by atoms with E-state index in [1.807, 2.05) is 11.0 Å². The highest BCUT2D eigenvalue weighted by Gasteiger charge is 2.33. The van der Waals surface area contributed by atoms with E-state index in [-0.39, 0.29) is 4.90 Å². The summed E-state index contributed by atoms with van der Waals surface area (Å²) < 4.78 is 33.8. The first-order valence-corrected chi connectivity index (χ1v) is 11.2. The van der Waals surface area contributed by atoms with Crippen molar-refractivity contribution in [3.05, 3.63) is 64.7 Å². The molecule has 0 aromatic heterocycles. The quantitative estimate of drug-likeness (QED) is 0.721. The molecule has 1 saturated heterocycles. The molecule has 2 aliphatic heterocycles. The number of carbonyl (C=O) groups excluding carboxylic acids is 1. The molecule has 0 bridgehead atoms. The smallest absolute Gasteiger partial charge is 0.339 e. The van der Waals surface area contributed by atoms with Crippen molar-refractivity contribution in [2.45, 2.75) is 4.90 Å². The van der Waals surface area contributed by atoms with Crippen LogP contribution in [0.3, 0.4) is 0 Å². The molecule has 9 heteroatoms. The number of carbonyl (C=O) groups is 1. The standard InChI is InChI=1S/C20H20ClN3O4S/c21-17-7-3-1-5-15(17)20(25)28-14-13-23-9-11-24(12-10-23)19-16-6-2-4-8-18(16)29(26,27)22-19/h1-8H,9-14H2/p+1. The first kappa shape index (κ1) is 19.9. The predicted molar refractivity (Wildman–Crippen MR) is 109 cm³/mol. The lowest BCUT2D eigenvalue weighted by Crippen LogP contribution is -3.15. The summed E-state index contributed by atoms with van der Waals surface area (Å²) in [6.07, 6.45) is 0. The Bertz CT molecular complexity index is 1060. The van der Waals surface area contributed by atoms with Gasteiger partial charge in [-0.2, -0.15) is 8.42 Å². The van der Waals surface area contributed by atoms with Gasteiger partial charge in [-0.15, -0.1) is 4.40 Å². The van der Waals surface area contributed by atoms with Gasteiger partial charge in [-0.3, -0.25) is 0 Å². The van der Waals surface area contributed by atoms with Gasteiger partial charge < -0.3 is 14.5 Å². The fraction of sp³-hybridized carbons (Fsp3) is 0.300. The number of nitrogens with zero attached hydrogens (tertiary/aromatic N) is 2. The minimum Gasteiger partial charge on any atom is -0.456 e. The third-order valence-electron chi connectivity index (χ3n) is 5.17. The first-order valence-electron chi connectivity index (χ1n) is 9.40. The highest BCUT2D eigenvalue weighted by molar-refractivity contribution is 7.90. The minimum absolute atomic E-state index is 0.274. The molecule has 0 saturated carbocycles. The van der Waals surface area contributed by atoms with Crippen molar-refractivity contribution in [2.24, 2.45) is 4.40 Å². The SMILES string of the molecule is O=C(OCC[NH+]1CCN(C2=NS(=O)(=O)c3ccccc32)CC1)c1ccccc1Cl. The van der Waals surface area contributed by atoms with Gasteiger partial charge in [-0.1, -0.05) is 35.9 Å². The number of sulfonamides is 1. The Kier molecular flexibility index (Phi) is 5.58. The number of piperazine rings is 1. The van der Waals surface area contributed by atoms with Crippen molar-refractivity contribution in [3.8, 4) is 0 Å². The van der Waals surface area contributed by atoms with Crippen LogP contribution in [-0.2, 0) is 14.8 Å². The maximum Gasteiger partial charge on any atom is 0.339 e. The first-order chi connectivity index (χ1) is 14.0. The molecule has 1 fully saturated rings. The van der Waals surface area contributed by atoms with Gasteiger partial charge in [0.15, 0.2) is 5.84 Å². The highest BCUT2D eigenvalue weighted by atomic mass is 35.5. The van der Waals surface area contributed by atoms with Gasteiger partial charge in [0.25, 0.3) is 10.0 Å². The summed E-state index contributed by atoms with van der Waals surface area (Å²) in [5.74, 6) is 0.112. The van der Waals surface area contributed by atoms with Crippen LogP contribution in [0.2, 0.25) is 5.02 Å². The zero-order chi connectivity index (χ0) is 20.4. The topological polar surface area (TPSA) is 80.5 Å². The second-order valence-corrected chi connectivity index (χ2v) is 8.97. The Hall–Kier alpha value is -2.42. The van der Waals surface area contributed by atoms with Crippen LogP contribution in [0.25, 0.3) is 0 Å². The number of ether oxygens (including phenoxy) is 1. The van der Waals surface area contributed by atoms with Crippen molar-refractivity contribution in [1.82, 2.24) is 4.90 Å². The van der Waals surface area contributed by atoms with Crippen LogP contribution in [0.5, 0.6) is 0 Å². The molecule has 2 aliphatic rings. The van der Waals surface area contributed by atoms with Crippen LogP contribution in [-0.4, -0.2) is 64.5 Å². The lowest BCUT2D eigenvalue weighted by molar-refractivity contribution is -0.904. The number of nitrogens with one attached hydrogen (secondary N) is 1. The van der Waals surface area contributed by atoms with Gasteiger partial charge in [0, 0.05) is 5.56 Å². The molecule has 0 spiro atoms. The summed E-state index contributed by atoms with van der Waals surface area (Å²) in [5.41, 5.74) is 1.04. The van der Waals surface area contributed by atoms with E-state index in [2.05, 4.69) is 4.40 Å². The maximum absolute atomic E-state index is 12.2. The van der Waals surface area contributed by atoms with Crippen molar-refractivity contribution < 1.29 is 22.8 Å². The molecule has 4 rings (SSSR count). The number of rotatable bonds is 4. The summed E-state index contributed by atoms with van der Waals surface area (Å²) in [5, 5.41) is 0.381. The molecular weight excluding hydrogens is 414 g/mol. The number of esters is 1. The molecule has 2 heterocycles. The van der Waals surface area contributed by atoms with Gasteiger partial charge in [0.2, 0.25) is 0 Å². The van der Waals surface area contributed by atoms with Crippen LogP contribution in [0, 0.1) is 0 Å². The third-order valence-corrected chi connectivity index (χ3v) is 6.82. The summed E-state index contributed by atoms with van der Waals surface area (Å²) in [6, 6.07) is 13.7. The van der Waals surface area contributed by atoms with Gasteiger partial charge in [0.05, 0.1) is 36.8 Å². The van der Waals surface area contributed by atoms with Crippen molar-refractivity contribution in [3.63, 3.8) is 0 Å². The Labute approximate surface area is 174 Å². The Morgan fingerprint density at radius 2 is 1.79 bits per heavy atom. The van der Waals surface area contributed by atoms with Crippen LogP contribution in [0.4, 0.5) is 0 Å². The zero-order valence-corrected chi connectivity index (χ0v) is 17.2. The maximum atomic E-state index is 12.2. The van der Waals surface area contributed by atoms with Crippen LogP contribution in [0.1, 0.15) is 15.9 Å². The van der Waals surface area contributed by atoms with E-state index >= 15 is 0 Å². The number of hydrogen-bond acceptors (Lipinski definition) is 5. The fourth-order valence-corrected chi connectivity index (χ4v) is 5.03. The predicted octanol–water partition coefficient (Wildman–Crippen LogP) is 0.846. The number of amidine groups is 1. The Balaban J connectivity index is 1.30. The van der Waals surface area contributed by atoms with Crippen LogP contribution in [0.15, 0.2) is 57.8 Å². The molecule has 0 unspecified atom stereocenters. The second kappa shape index (κ2) is 8.14. The number of halogens is 1.